The van der Waals surface area contributed by atoms with Gasteiger partial charge in [0, 0.05) is 0 Å². The molecule has 270 valence electrons. The summed E-state index contributed by atoms with van der Waals surface area (Å²) in [4.78, 5) is 60.3. The molecule has 0 radical (unpaired) electrons. The number of benzene rings is 4. The Kier molecular flexibility index (Phi) is 12.9. The van der Waals surface area contributed by atoms with Crippen LogP contribution in [-0.4, -0.2) is 62.3 Å². The second-order valence-electron chi connectivity index (χ2n) is 11.4. The van der Waals surface area contributed by atoms with Gasteiger partial charge in [0.25, 0.3) is 0 Å². The first-order valence-electron chi connectivity index (χ1n) is 16.6. The first kappa shape index (κ1) is 38.0. The number of rotatable bonds is 12. The molecule has 10 nitrogen and oxygen atoms in total. The van der Waals surface area contributed by atoms with E-state index in [1.165, 1.54) is 28.4 Å². The molecule has 4 aromatic carbocycles. The van der Waals surface area contributed by atoms with Crippen LogP contribution in [0.1, 0.15) is 86.5 Å². The smallest absolute Gasteiger partial charge is 0.338 e. The molecule has 0 aliphatic carbocycles. The maximum Gasteiger partial charge on any atom is 0.338 e. The molecule has 1 aromatic heterocycles. The minimum absolute atomic E-state index is 0.358. The zero-order valence-electron chi connectivity index (χ0n) is 30.0. The molecule has 0 amide bonds. The lowest BCUT2D eigenvalue weighted by atomic mass is 10.0. The Labute approximate surface area is 312 Å². The molecule has 5 aromatic rings. The van der Waals surface area contributed by atoms with Crippen LogP contribution in [0.3, 0.4) is 0 Å². The average Bonchev–Trinajstić information content (AvgIpc) is 3.22. The molecule has 0 bridgehead atoms. The lowest BCUT2D eigenvalue weighted by Crippen LogP contribution is -2.04. The van der Waals surface area contributed by atoms with E-state index in [9.17, 15) is 19.2 Å². The summed E-state index contributed by atoms with van der Waals surface area (Å²) in [5.74, 6) is -1.99. The standard InChI is InChI=1S/C44H36N2O8/c1-51-41(47)33-17-9-5-13-29(33)21-25-37-38(26-22-30-14-6-10-18-34(30)42(48)52-2)46-40(28-24-32-16-8-12-20-36(32)44(50)54-4)39(45-37)27-23-31-15-7-11-19-35(31)43(49)53-3/h5-28H,1-4H3/b25-21+,26-22+,27-23+,28-24+. The van der Waals surface area contributed by atoms with Gasteiger partial charge in [0.1, 0.15) is 0 Å². The Balaban J connectivity index is 1.74. The van der Waals surface area contributed by atoms with E-state index in [-0.39, 0.29) is 0 Å². The highest BCUT2D eigenvalue weighted by Gasteiger charge is 2.15. The summed E-state index contributed by atoms with van der Waals surface area (Å²) in [5.41, 5.74) is 5.43. The van der Waals surface area contributed by atoms with Crippen molar-refractivity contribution in [2.45, 2.75) is 0 Å². The van der Waals surface area contributed by atoms with Gasteiger partial charge in [-0.2, -0.15) is 0 Å². The molecule has 54 heavy (non-hydrogen) atoms. The van der Waals surface area contributed by atoms with E-state index in [0.717, 1.165) is 0 Å². The van der Waals surface area contributed by atoms with Crippen LogP contribution in [0.15, 0.2) is 97.1 Å². The van der Waals surface area contributed by atoms with Gasteiger partial charge in [-0.15, -0.1) is 0 Å². The van der Waals surface area contributed by atoms with E-state index in [4.69, 9.17) is 28.9 Å². The van der Waals surface area contributed by atoms with Gasteiger partial charge in [0.2, 0.25) is 0 Å². The summed E-state index contributed by atoms with van der Waals surface area (Å²) < 4.78 is 20.0. The number of aromatic nitrogens is 2. The Morgan fingerprint density at radius 3 is 0.759 bits per heavy atom. The maximum atomic E-state index is 12.6. The Bertz CT molecular complexity index is 2000. The fraction of sp³-hybridized carbons (Fsp3) is 0.0909. The normalized spacial score (nSPS) is 11.3. The van der Waals surface area contributed by atoms with Gasteiger partial charge < -0.3 is 18.9 Å². The highest BCUT2D eigenvalue weighted by atomic mass is 16.5. The zero-order valence-corrected chi connectivity index (χ0v) is 30.0. The van der Waals surface area contributed by atoms with Crippen LogP contribution in [0.25, 0.3) is 48.6 Å². The van der Waals surface area contributed by atoms with Crippen LogP contribution in [0, 0.1) is 0 Å². The van der Waals surface area contributed by atoms with Gasteiger partial charge in [0.15, 0.2) is 0 Å². The lowest BCUT2D eigenvalue weighted by molar-refractivity contribution is 0.0591. The summed E-state index contributed by atoms with van der Waals surface area (Å²) in [7, 11) is 5.26. The van der Waals surface area contributed by atoms with E-state index in [0.29, 0.717) is 67.3 Å². The predicted octanol–water partition coefficient (Wildman–Crippen LogP) is 8.30. The summed E-state index contributed by atoms with van der Waals surface area (Å²) in [6.45, 7) is 0. The molecule has 0 aliphatic heterocycles. The van der Waals surface area contributed by atoms with Crippen LogP contribution in [0.4, 0.5) is 0 Å². The average molecular weight is 721 g/mol. The minimum Gasteiger partial charge on any atom is -0.465 e. The second kappa shape index (κ2) is 18.3. The van der Waals surface area contributed by atoms with Gasteiger partial charge in [-0.1, -0.05) is 97.1 Å². The van der Waals surface area contributed by atoms with Crippen molar-refractivity contribution in [2.75, 3.05) is 28.4 Å². The van der Waals surface area contributed by atoms with Gasteiger partial charge in [-0.05, 0) is 70.8 Å². The van der Waals surface area contributed by atoms with Crippen molar-refractivity contribution in [1.82, 2.24) is 9.97 Å². The maximum absolute atomic E-state index is 12.6. The van der Waals surface area contributed by atoms with Crippen molar-refractivity contribution in [1.29, 1.82) is 0 Å². The molecular weight excluding hydrogens is 684 g/mol. The van der Waals surface area contributed by atoms with Gasteiger partial charge >= 0.3 is 23.9 Å². The van der Waals surface area contributed by atoms with Gasteiger partial charge in [-0.25, -0.2) is 29.1 Å². The van der Waals surface area contributed by atoms with Gasteiger partial charge in [-0.3, -0.25) is 0 Å². The van der Waals surface area contributed by atoms with E-state index in [1.54, 1.807) is 146 Å². The number of nitrogens with zero attached hydrogens (tertiary/aromatic N) is 2. The van der Waals surface area contributed by atoms with Crippen LogP contribution < -0.4 is 0 Å². The molecule has 0 saturated heterocycles. The number of hydrogen-bond donors (Lipinski definition) is 0. The Hall–Kier alpha value is -7.20. The number of carbonyl (C=O) groups excluding carboxylic acids is 4. The van der Waals surface area contributed by atoms with E-state index in [1.807, 2.05) is 0 Å². The third-order valence-corrected chi connectivity index (χ3v) is 8.15. The number of methoxy groups -OCH3 is 4. The molecular formula is C44H36N2O8. The van der Waals surface area contributed by atoms with Crippen LogP contribution in [-0.2, 0) is 18.9 Å². The Morgan fingerprint density at radius 1 is 0.352 bits per heavy atom. The van der Waals surface area contributed by atoms with Crippen LogP contribution in [0.5, 0.6) is 0 Å². The van der Waals surface area contributed by atoms with Gasteiger partial charge in [0.05, 0.1) is 73.5 Å². The molecule has 5 rings (SSSR count). The highest BCUT2D eigenvalue weighted by molar-refractivity contribution is 5.98. The Morgan fingerprint density at radius 2 is 0.556 bits per heavy atom. The zero-order chi connectivity index (χ0) is 38.5. The minimum atomic E-state index is -0.499. The monoisotopic (exact) mass is 720 g/mol. The third kappa shape index (κ3) is 9.17. The van der Waals surface area contributed by atoms with Crippen molar-refractivity contribution >= 4 is 72.5 Å². The number of carbonyl (C=O) groups is 4. The number of hydrogen-bond acceptors (Lipinski definition) is 10. The molecule has 0 spiro atoms. The second-order valence-corrected chi connectivity index (χ2v) is 11.4. The SMILES string of the molecule is COC(=O)c1ccccc1/C=C/c1nc(/C=C/c2ccccc2C(=O)OC)c(/C=C/c2ccccc2C(=O)OC)nc1/C=C/c1ccccc1C(=O)OC. The predicted molar refractivity (Wildman–Crippen MR) is 209 cm³/mol. The summed E-state index contributed by atoms with van der Waals surface area (Å²) in [6.07, 6.45) is 13.8. The van der Waals surface area contributed by atoms with Crippen molar-refractivity contribution < 1.29 is 38.1 Å². The fourth-order valence-electron chi connectivity index (χ4n) is 5.41. The molecule has 0 unspecified atom stereocenters. The van der Waals surface area contributed by atoms with Crippen LogP contribution in [0.2, 0.25) is 0 Å². The van der Waals surface area contributed by atoms with E-state index >= 15 is 0 Å². The summed E-state index contributed by atoms with van der Waals surface area (Å²) in [5, 5.41) is 0. The van der Waals surface area contributed by atoms with Crippen molar-refractivity contribution in [3.8, 4) is 0 Å². The largest absolute Gasteiger partial charge is 0.465 e. The van der Waals surface area contributed by atoms with Crippen molar-refractivity contribution in [3.63, 3.8) is 0 Å². The quantitative estimate of drug-likeness (QED) is 0.0916. The first-order valence-corrected chi connectivity index (χ1v) is 16.6. The number of ether oxygens (including phenoxy) is 4. The molecule has 0 aliphatic rings. The fourth-order valence-corrected chi connectivity index (χ4v) is 5.41. The first-order chi connectivity index (χ1) is 26.3. The van der Waals surface area contributed by atoms with Crippen LogP contribution >= 0.6 is 0 Å². The number of esters is 4. The molecule has 1 heterocycles. The summed E-state index contributed by atoms with van der Waals surface area (Å²) in [6, 6.07) is 27.9. The molecule has 10 heteroatoms. The molecule has 0 fully saturated rings. The van der Waals surface area contributed by atoms with Crippen molar-refractivity contribution in [2.24, 2.45) is 0 Å². The lowest BCUT2D eigenvalue weighted by Gasteiger charge is -2.09. The van der Waals surface area contributed by atoms with E-state index in [2.05, 4.69) is 0 Å². The van der Waals surface area contributed by atoms with Crippen molar-refractivity contribution in [3.05, 3.63) is 164 Å². The molecule has 0 saturated carbocycles. The summed E-state index contributed by atoms with van der Waals surface area (Å²) >= 11 is 0. The third-order valence-electron chi connectivity index (χ3n) is 8.15. The van der Waals surface area contributed by atoms with E-state index < -0.39 is 23.9 Å². The molecule has 0 atom stereocenters. The topological polar surface area (TPSA) is 131 Å². The highest BCUT2D eigenvalue weighted by Crippen LogP contribution is 2.24. The molecule has 0 N–H and O–H groups in total.